The predicted octanol–water partition coefficient (Wildman–Crippen LogP) is 2.22. The first-order valence-electron chi connectivity index (χ1n) is 10.1. The van der Waals surface area contributed by atoms with Crippen molar-refractivity contribution in [3.05, 3.63) is 46.7 Å². The van der Waals surface area contributed by atoms with Crippen molar-refractivity contribution in [2.24, 2.45) is 0 Å². The van der Waals surface area contributed by atoms with E-state index in [0.717, 1.165) is 17.1 Å². The zero-order valence-electron chi connectivity index (χ0n) is 17.9. The molecule has 1 fully saturated rings. The molecular formula is C21H28N4O4S2. The second kappa shape index (κ2) is 9.90. The number of thiophene rings is 1. The molecule has 8 nitrogen and oxygen atoms in total. The molecule has 2 aromatic rings. The lowest BCUT2D eigenvalue weighted by Crippen LogP contribution is -2.50. The van der Waals surface area contributed by atoms with E-state index in [1.165, 1.54) is 37.6 Å². The lowest BCUT2D eigenvalue weighted by Gasteiger charge is -2.35. The van der Waals surface area contributed by atoms with E-state index in [9.17, 15) is 18.0 Å². The van der Waals surface area contributed by atoms with E-state index in [2.05, 4.69) is 15.5 Å². The highest BCUT2D eigenvalue weighted by atomic mass is 32.2. The molecule has 1 aliphatic rings. The average molecular weight is 465 g/mol. The van der Waals surface area contributed by atoms with Crippen LogP contribution in [-0.4, -0.2) is 68.7 Å². The lowest BCUT2D eigenvalue weighted by atomic mass is 10.0. The molecule has 1 unspecified atom stereocenters. The summed E-state index contributed by atoms with van der Waals surface area (Å²) >= 11 is 1.42. The van der Waals surface area contributed by atoms with Crippen molar-refractivity contribution < 1.29 is 18.0 Å². The maximum atomic E-state index is 12.7. The Morgan fingerprint density at radius 1 is 1.16 bits per heavy atom. The molecule has 1 aromatic carbocycles. The Morgan fingerprint density at radius 2 is 1.87 bits per heavy atom. The monoisotopic (exact) mass is 464 g/mol. The molecule has 2 heterocycles. The predicted molar refractivity (Wildman–Crippen MR) is 122 cm³/mol. The number of nitrogens with one attached hydrogen (secondary N) is 2. The van der Waals surface area contributed by atoms with E-state index in [-0.39, 0.29) is 28.8 Å². The molecule has 168 valence electrons. The standard InChI is InChI=1S/C21H28N4O4S2/c1-15(20(26)23-17-6-4-7-18(14-17)31(28,29)24(2)3)25-11-9-16(10-12-25)22-21(27)19-8-5-13-30-19/h4-8,13-16H,9-12H2,1-3H3,(H,22,27)(H,23,26). The highest BCUT2D eigenvalue weighted by molar-refractivity contribution is 7.89. The molecule has 3 rings (SSSR count). The van der Waals surface area contributed by atoms with E-state index < -0.39 is 10.0 Å². The number of nitrogens with zero attached hydrogens (tertiary/aromatic N) is 2. The van der Waals surface area contributed by atoms with E-state index in [0.29, 0.717) is 23.7 Å². The zero-order valence-corrected chi connectivity index (χ0v) is 19.5. The fraction of sp³-hybridized carbons (Fsp3) is 0.429. The molecule has 1 aromatic heterocycles. The van der Waals surface area contributed by atoms with Gasteiger partial charge < -0.3 is 10.6 Å². The number of anilines is 1. The molecule has 0 aliphatic carbocycles. The number of carbonyl (C=O) groups is 2. The molecule has 10 heteroatoms. The van der Waals surface area contributed by atoms with Gasteiger partial charge in [-0.05, 0) is 49.4 Å². The van der Waals surface area contributed by atoms with E-state index in [1.54, 1.807) is 18.2 Å². The van der Waals surface area contributed by atoms with Crippen LogP contribution >= 0.6 is 11.3 Å². The first-order chi connectivity index (χ1) is 14.7. The third kappa shape index (κ3) is 5.70. The van der Waals surface area contributed by atoms with Crippen molar-refractivity contribution in [1.82, 2.24) is 14.5 Å². The van der Waals surface area contributed by atoms with Crippen molar-refractivity contribution in [2.45, 2.75) is 36.7 Å². The van der Waals surface area contributed by atoms with Crippen LogP contribution in [0.4, 0.5) is 5.69 Å². The van der Waals surface area contributed by atoms with Gasteiger partial charge in [-0.3, -0.25) is 14.5 Å². The van der Waals surface area contributed by atoms with Gasteiger partial charge in [-0.2, -0.15) is 0 Å². The Morgan fingerprint density at radius 3 is 2.48 bits per heavy atom. The van der Waals surface area contributed by atoms with Crippen LogP contribution in [-0.2, 0) is 14.8 Å². The van der Waals surface area contributed by atoms with Gasteiger partial charge in [0.2, 0.25) is 15.9 Å². The number of hydrogen-bond donors (Lipinski definition) is 2. The number of rotatable bonds is 7. The topological polar surface area (TPSA) is 98.8 Å². The smallest absolute Gasteiger partial charge is 0.261 e. The van der Waals surface area contributed by atoms with Crippen LogP contribution in [0.2, 0.25) is 0 Å². The molecule has 0 saturated carbocycles. The van der Waals surface area contributed by atoms with Gasteiger partial charge in [0.15, 0.2) is 0 Å². The second-order valence-electron chi connectivity index (χ2n) is 7.74. The summed E-state index contributed by atoms with van der Waals surface area (Å²) in [4.78, 5) is 27.9. The van der Waals surface area contributed by atoms with Gasteiger partial charge in [-0.25, -0.2) is 12.7 Å². The van der Waals surface area contributed by atoms with Gasteiger partial charge >= 0.3 is 0 Å². The van der Waals surface area contributed by atoms with Crippen LogP contribution in [0.5, 0.6) is 0 Å². The minimum absolute atomic E-state index is 0.0493. The molecule has 31 heavy (non-hydrogen) atoms. The molecule has 2 N–H and O–H groups in total. The number of carbonyl (C=O) groups excluding carboxylic acids is 2. The van der Waals surface area contributed by atoms with Crippen LogP contribution in [0.25, 0.3) is 0 Å². The molecule has 0 spiro atoms. The summed E-state index contributed by atoms with van der Waals surface area (Å²) in [7, 11) is -0.636. The first-order valence-corrected chi connectivity index (χ1v) is 12.4. The number of sulfonamides is 1. The third-order valence-corrected chi connectivity index (χ3v) is 8.10. The highest BCUT2D eigenvalue weighted by Gasteiger charge is 2.28. The normalized spacial score (nSPS) is 16.8. The summed E-state index contributed by atoms with van der Waals surface area (Å²) < 4.78 is 25.8. The molecule has 2 amide bonds. The SMILES string of the molecule is CC(C(=O)Nc1cccc(S(=O)(=O)N(C)C)c1)N1CCC(NC(=O)c2cccs2)CC1. The Hall–Kier alpha value is -2.27. The molecular weight excluding hydrogens is 436 g/mol. The van der Waals surface area contributed by atoms with Gasteiger partial charge in [0, 0.05) is 38.9 Å². The largest absolute Gasteiger partial charge is 0.349 e. The number of piperidine rings is 1. The maximum absolute atomic E-state index is 12.7. The van der Waals surface area contributed by atoms with E-state index in [1.807, 2.05) is 18.4 Å². The molecule has 1 saturated heterocycles. The van der Waals surface area contributed by atoms with Crippen molar-refractivity contribution in [3.63, 3.8) is 0 Å². The van der Waals surface area contributed by atoms with Crippen molar-refractivity contribution in [2.75, 3.05) is 32.5 Å². The molecule has 0 bridgehead atoms. The third-order valence-electron chi connectivity index (χ3n) is 5.42. The average Bonchev–Trinajstić information content (AvgIpc) is 3.29. The van der Waals surface area contributed by atoms with Crippen molar-refractivity contribution >= 4 is 38.9 Å². The quantitative estimate of drug-likeness (QED) is 0.655. The Balaban J connectivity index is 1.54. The fourth-order valence-corrected chi connectivity index (χ4v) is 5.03. The number of likely N-dealkylation sites (tertiary alicyclic amines) is 1. The van der Waals surface area contributed by atoms with Crippen LogP contribution in [0.15, 0.2) is 46.7 Å². The molecule has 1 aliphatic heterocycles. The minimum Gasteiger partial charge on any atom is -0.349 e. The van der Waals surface area contributed by atoms with Gasteiger partial charge in [0.25, 0.3) is 5.91 Å². The minimum atomic E-state index is -3.57. The summed E-state index contributed by atoms with van der Waals surface area (Å²) in [5, 5.41) is 7.76. The van der Waals surface area contributed by atoms with Gasteiger partial charge in [0.1, 0.15) is 0 Å². The number of amides is 2. The van der Waals surface area contributed by atoms with Gasteiger partial charge in [-0.15, -0.1) is 11.3 Å². The van der Waals surface area contributed by atoms with Gasteiger partial charge in [-0.1, -0.05) is 12.1 Å². The van der Waals surface area contributed by atoms with Crippen LogP contribution in [0.3, 0.4) is 0 Å². The number of benzene rings is 1. The summed E-state index contributed by atoms with van der Waals surface area (Å²) in [6.07, 6.45) is 1.54. The Labute approximate surface area is 187 Å². The van der Waals surface area contributed by atoms with E-state index >= 15 is 0 Å². The summed E-state index contributed by atoms with van der Waals surface area (Å²) in [5.74, 6) is -0.243. The summed E-state index contributed by atoms with van der Waals surface area (Å²) in [6.45, 7) is 3.22. The van der Waals surface area contributed by atoms with Crippen molar-refractivity contribution in [1.29, 1.82) is 0 Å². The first kappa shape index (κ1) is 23.4. The maximum Gasteiger partial charge on any atom is 0.261 e. The Kier molecular flexibility index (Phi) is 7.47. The number of hydrogen-bond acceptors (Lipinski definition) is 6. The Bertz CT molecular complexity index is 1010. The zero-order chi connectivity index (χ0) is 22.6. The van der Waals surface area contributed by atoms with Crippen LogP contribution in [0, 0.1) is 0 Å². The van der Waals surface area contributed by atoms with Crippen LogP contribution in [0.1, 0.15) is 29.4 Å². The van der Waals surface area contributed by atoms with E-state index in [4.69, 9.17) is 0 Å². The second-order valence-corrected chi connectivity index (χ2v) is 10.8. The fourth-order valence-electron chi connectivity index (χ4n) is 3.45. The lowest BCUT2D eigenvalue weighted by molar-refractivity contribution is -0.121. The summed E-state index contributed by atoms with van der Waals surface area (Å²) in [5.41, 5.74) is 0.442. The van der Waals surface area contributed by atoms with Crippen molar-refractivity contribution in [3.8, 4) is 0 Å². The van der Waals surface area contributed by atoms with Crippen LogP contribution < -0.4 is 10.6 Å². The highest BCUT2D eigenvalue weighted by Crippen LogP contribution is 2.20. The molecule has 1 atom stereocenters. The summed E-state index contributed by atoms with van der Waals surface area (Å²) in [6, 6.07) is 9.63. The van der Waals surface area contributed by atoms with Gasteiger partial charge in [0.05, 0.1) is 15.8 Å². The molecule has 0 radical (unpaired) electrons.